The Balaban J connectivity index is 1.42. The smallest absolute Gasteiger partial charge is 0.270 e. The van der Waals surface area contributed by atoms with Crippen molar-refractivity contribution in [3.63, 3.8) is 0 Å². The van der Waals surface area contributed by atoms with Gasteiger partial charge in [0.05, 0.1) is 19.0 Å². The van der Waals surface area contributed by atoms with Crippen LogP contribution in [0, 0.1) is 0 Å². The third-order valence-corrected chi connectivity index (χ3v) is 4.83. The van der Waals surface area contributed by atoms with E-state index in [4.69, 9.17) is 16.3 Å². The van der Waals surface area contributed by atoms with Crippen molar-refractivity contribution in [3.8, 4) is 5.75 Å². The van der Waals surface area contributed by atoms with Crippen LogP contribution in [-0.4, -0.2) is 23.0 Å². The van der Waals surface area contributed by atoms with Crippen molar-refractivity contribution in [2.75, 3.05) is 12.4 Å². The summed E-state index contributed by atoms with van der Waals surface area (Å²) >= 11 is 6.12. The minimum atomic E-state index is -0.243. The first-order chi connectivity index (χ1) is 14.6. The van der Waals surface area contributed by atoms with E-state index in [1.165, 1.54) is 0 Å². The second-order valence-electron chi connectivity index (χ2n) is 6.61. The van der Waals surface area contributed by atoms with Crippen LogP contribution in [-0.2, 0) is 6.54 Å². The van der Waals surface area contributed by atoms with E-state index < -0.39 is 0 Å². The van der Waals surface area contributed by atoms with E-state index in [-0.39, 0.29) is 5.91 Å². The highest BCUT2D eigenvalue weighted by Crippen LogP contribution is 2.26. The molecule has 7 heteroatoms. The maximum absolute atomic E-state index is 12.4. The first-order valence-corrected chi connectivity index (χ1v) is 9.68. The van der Waals surface area contributed by atoms with Crippen LogP contribution < -0.4 is 15.4 Å². The highest BCUT2D eigenvalue weighted by atomic mass is 35.5. The number of carbonyl (C=O) groups excluding carboxylic acids is 1. The second kappa shape index (κ2) is 8.80. The molecule has 0 saturated carbocycles. The third-order valence-electron chi connectivity index (χ3n) is 4.60. The number of hydrogen-bond acceptors (Lipinski definition) is 5. The molecule has 2 aromatic carbocycles. The van der Waals surface area contributed by atoms with Gasteiger partial charge < -0.3 is 15.4 Å². The number of pyridine rings is 2. The van der Waals surface area contributed by atoms with Crippen LogP contribution in [0.3, 0.4) is 0 Å². The summed E-state index contributed by atoms with van der Waals surface area (Å²) in [6, 6.07) is 18.6. The molecule has 0 aliphatic heterocycles. The van der Waals surface area contributed by atoms with Gasteiger partial charge in [-0.2, -0.15) is 0 Å². The van der Waals surface area contributed by atoms with Gasteiger partial charge in [-0.1, -0.05) is 29.8 Å². The molecule has 2 aromatic heterocycles. The molecule has 1 amide bonds. The van der Waals surface area contributed by atoms with Gasteiger partial charge in [-0.25, -0.2) is 9.97 Å². The number of hydrogen-bond donors (Lipinski definition) is 2. The van der Waals surface area contributed by atoms with Crippen LogP contribution in [0.1, 0.15) is 16.1 Å². The molecule has 0 fully saturated rings. The predicted molar refractivity (Wildman–Crippen MR) is 118 cm³/mol. The fourth-order valence-corrected chi connectivity index (χ4v) is 3.17. The van der Waals surface area contributed by atoms with Gasteiger partial charge in [0.25, 0.3) is 5.91 Å². The van der Waals surface area contributed by atoms with Gasteiger partial charge in [-0.15, -0.1) is 0 Å². The van der Waals surface area contributed by atoms with Crippen molar-refractivity contribution in [2.24, 2.45) is 0 Å². The zero-order valence-electron chi connectivity index (χ0n) is 16.2. The van der Waals surface area contributed by atoms with Crippen molar-refractivity contribution in [1.82, 2.24) is 15.3 Å². The zero-order valence-corrected chi connectivity index (χ0v) is 17.0. The van der Waals surface area contributed by atoms with Crippen molar-refractivity contribution in [1.29, 1.82) is 0 Å². The molecular formula is C23H19ClN4O2. The topological polar surface area (TPSA) is 76.1 Å². The van der Waals surface area contributed by atoms with E-state index in [0.29, 0.717) is 23.1 Å². The van der Waals surface area contributed by atoms with Crippen LogP contribution in [0.5, 0.6) is 5.75 Å². The van der Waals surface area contributed by atoms with E-state index in [1.54, 1.807) is 31.6 Å². The molecule has 150 valence electrons. The second-order valence-corrected chi connectivity index (χ2v) is 7.05. The van der Waals surface area contributed by atoms with Gasteiger partial charge in [-0.05, 0) is 53.4 Å². The molecule has 0 spiro atoms. The Morgan fingerprint density at radius 1 is 1.03 bits per heavy atom. The number of nitrogens with one attached hydrogen (secondary N) is 2. The minimum Gasteiger partial charge on any atom is -0.497 e. The molecule has 6 nitrogen and oxygen atoms in total. The Kier molecular flexibility index (Phi) is 5.77. The van der Waals surface area contributed by atoms with E-state index in [0.717, 1.165) is 27.8 Å². The molecule has 0 unspecified atom stereocenters. The van der Waals surface area contributed by atoms with Gasteiger partial charge in [-0.3, -0.25) is 4.79 Å². The normalized spacial score (nSPS) is 10.6. The number of carbonyl (C=O) groups is 1. The first kappa shape index (κ1) is 19.7. The number of amides is 1. The van der Waals surface area contributed by atoms with E-state index >= 15 is 0 Å². The zero-order chi connectivity index (χ0) is 20.9. The summed E-state index contributed by atoms with van der Waals surface area (Å²) in [4.78, 5) is 21.0. The summed E-state index contributed by atoms with van der Waals surface area (Å²) in [5.74, 6) is 1.21. The number of ether oxygens (including phenoxy) is 1. The van der Waals surface area contributed by atoms with Crippen molar-refractivity contribution < 1.29 is 9.53 Å². The number of methoxy groups -OCH3 is 1. The van der Waals surface area contributed by atoms with Gasteiger partial charge >= 0.3 is 0 Å². The summed E-state index contributed by atoms with van der Waals surface area (Å²) < 4.78 is 5.13. The molecule has 0 aliphatic rings. The molecule has 30 heavy (non-hydrogen) atoms. The lowest BCUT2D eigenvalue weighted by Gasteiger charge is -2.10. The lowest BCUT2D eigenvalue weighted by molar-refractivity contribution is 0.0946. The lowest BCUT2D eigenvalue weighted by atomic mass is 10.1. The summed E-state index contributed by atoms with van der Waals surface area (Å²) in [5, 5.41) is 8.67. The SMILES string of the molecule is COc1ccc(CNC(=O)c2ccc(Nc3nccc4ccc(Cl)cc34)cn2)cc1. The van der Waals surface area contributed by atoms with Gasteiger partial charge in [0.2, 0.25) is 0 Å². The number of fused-ring (bicyclic) bond motifs is 1. The Labute approximate surface area is 178 Å². The van der Waals surface area contributed by atoms with E-state index in [2.05, 4.69) is 20.6 Å². The average Bonchev–Trinajstić information content (AvgIpc) is 2.78. The molecule has 0 atom stereocenters. The maximum atomic E-state index is 12.4. The number of aromatic nitrogens is 2. The standard InChI is InChI=1S/C23H19ClN4O2/c1-30-19-7-2-15(3-8-19)13-27-23(29)21-9-6-18(14-26-21)28-22-20-12-17(24)5-4-16(20)10-11-25-22/h2-12,14H,13H2,1H3,(H,25,28)(H,27,29). The Morgan fingerprint density at radius 2 is 1.87 bits per heavy atom. The van der Waals surface area contributed by atoms with Crippen molar-refractivity contribution in [2.45, 2.75) is 6.54 Å². The fraction of sp³-hybridized carbons (Fsp3) is 0.0870. The predicted octanol–water partition coefficient (Wildman–Crippen LogP) is 4.97. The number of halogens is 1. The largest absolute Gasteiger partial charge is 0.497 e. The van der Waals surface area contributed by atoms with Gasteiger partial charge in [0.1, 0.15) is 17.3 Å². The summed E-state index contributed by atoms with van der Waals surface area (Å²) in [5.41, 5.74) is 2.03. The summed E-state index contributed by atoms with van der Waals surface area (Å²) in [6.07, 6.45) is 3.33. The fourth-order valence-electron chi connectivity index (χ4n) is 3.00. The molecule has 4 rings (SSSR count). The number of anilines is 2. The molecule has 0 radical (unpaired) electrons. The Morgan fingerprint density at radius 3 is 2.60 bits per heavy atom. The maximum Gasteiger partial charge on any atom is 0.270 e. The highest BCUT2D eigenvalue weighted by Gasteiger charge is 2.09. The summed E-state index contributed by atoms with van der Waals surface area (Å²) in [6.45, 7) is 0.408. The molecule has 0 aliphatic carbocycles. The van der Waals surface area contributed by atoms with E-state index in [1.807, 2.05) is 48.5 Å². The average molecular weight is 419 g/mol. The number of benzene rings is 2. The molecule has 4 aromatic rings. The Bertz CT molecular complexity index is 1180. The van der Waals surface area contributed by atoms with Gasteiger partial charge in [0, 0.05) is 23.2 Å². The lowest BCUT2D eigenvalue weighted by Crippen LogP contribution is -2.23. The van der Waals surface area contributed by atoms with Crippen LogP contribution in [0.2, 0.25) is 5.02 Å². The van der Waals surface area contributed by atoms with Crippen LogP contribution >= 0.6 is 11.6 Å². The minimum absolute atomic E-state index is 0.243. The van der Waals surface area contributed by atoms with Crippen LogP contribution in [0.25, 0.3) is 10.8 Å². The number of nitrogens with zero attached hydrogens (tertiary/aromatic N) is 2. The molecule has 0 saturated heterocycles. The van der Waals surface area contributed by atoms with Crippen LogP contribution in [0.15, 0.2) is 73.1 Å². The molecular weight excluding hydrogens is 400 g/mol. The van der Waals surface area contributed by atoms with Gasteiger partial charge in [0.15, 0.2) is 0 Å². The molecule has 2 heterocycles. The van der Waals surface area contributed by atoms with Crippen LogP contribution in [0.4, 0.5) is 11.5 Å². The highest BCUT2D eigenvalue weighted by molar-refractivity contribution is 6.31. The number of rotatable bonds is 6. The van der Waals surface area contributed by atoms with Crippen molar-refractivity contribution >= 4 is 39.8 Å². The third kappa shape index (κ3) is 4.50. The molecule has 0 bridgehead atoms. The summed E-state index contributed by atoms with van der Waals surface area (Å²) in [7, 11) is 1.62. The first-order valence-electron chi connectivity index (χ1n) is 9.31. The monoisotopic (exact) mass is 418 g/mol. The quantitative estimate of drug-likeness (QED) is 0.462. The molecule has 2 N–H and O–H groups in total. The van der Waals surface area contributed by atoms with E-state index in [9.17, 15) is 4.79 Å². The van der Waals surface area contributed by atoms with Crippen molar-refractivity contribution in [3.05, 3.63) is 89.3 Å². The Hall–Kier alpha value is -3.64.